The summed E-state index contributed by atoms with van der Waals surface area (Å²) in [6, 6.07) is 10.1. The third-order valence-electron chi connectivity index (χ3n) is 3.70. The lowest BCUT2D eigenvalue weighted by atomic mass is 9.84. The fourth-order valence-electron chi connectivity index (χ4n) is 1.85. The Kier molecular flexibility index (Phi) is 3.45. The quantitative estimate of drug-likeness (QED) is 0.916. The standard InChI is InChI=1S/C15H21N3O/c1-5-15(4,16)12-17-13(19-18-12)14(2,3)11-9-7-6-8-10-11/h6-10H,5,16H2,1-4H3. The number of benzene rings is 1. The smallest absolute Gasteiger partial charge is 0.236 e. The van der Waals surface area contributed by atoms with Gasteiger partial charge in [-0.15, -0.1) is 0 Å². The first-order chi connectivity index (χ1) is 8.88. The van der Waals surface area contributed by atoms with Gasteiger partial charge in [-0.25, -0.2) is 0 Å². The van der Waals surface area contributed by atoms with E-state index in [0.29, 0.717) is 11.7 Å². The van der Waals surface area contributed by atoms with Crippen molar-refractivity contribution in [2.45, 2.75) is 45.1 Å². The molecule has 102 valence electrons. The zero-order valence-electron chi connectivity index (χ0n) is 12.0. The fraction of sp³-hybridized carbons (Fsp3) is 0.467. The van der Waals surface area contributed by atoms with Crippen LogP contribution >= 0.6 is 0 Å². The highest BCUT2D eigenvalue weighted by Crippen LogP contribution is 2.31. The molecular formula is C15H21N3O. The molecule has 0 saturated heterocycles. The number of hydrogen-bond donors (Lipinski definition) is 1. The minimum absolute atomic E-state index is 0.323. The van der Waals surface area contributed by atoms with Gasteiger partial charge in [0, 0.05) is 0 Å². The Morgan fingerprint density at radius 3 is 2.37 bits per heavy atom. The van der Waals surface area contributed by atoms with Crippen molar-refractivity contribution < 1.29 is 4.52 Å². The van der Waals surface area contributed by atoms with Crippen molar-refractivity contribution in [3.05, 3.63) is 47.6 Å². The molecule has 1 aromatic carbocycles. The number of nitrogens with zero attached hydrogens (tertiary/aromatic N) is 2. The molecule has 2 N–H and O–H groups in total. The second kappa shape index (κ2) is 4.78. The summed E-state index contributed by atoms with van der Waals surface area (Å²) in [4.78, 5) is 4.50. The number of hydrogen-bond acceptors (Lipinski definition) is 4. The van der Waals surface area contributed by atoms with Gasteiger partial charge in [-0.3, -0.25) is 0 Å². The molecule has 4 nitrogen and oxygen atoms in total. The molecule has 0 radical (unpaired) electrons. The van der Waals surface area contributed by atoms with Crippen molar-refractivity contribution in [1.82, 2.24) is 10.1 Å². The van der Waals surface area contributed by atoms with E-state index < -0.39 is 5.54 Å². The van der Waals surface area contributed by atoms with Gasteiger partial charge in [0.25, 0.3) is 0 Å². The summed E-state index contributed by atoms with van der Waals surface area (Å²) in [5.41, 5.74) is 6.42. The molecule has 0 bridgehead atoms. The van der Waals surface area contributed by atoms with Gasteiger partial charge in [0.15, 0.2) is 5.82 Å². The molecule has 0 spiro atoms. The summed E-state index contributed by atoms with van der Waals surface area (Å²) < 4.78 is 5.43. The van der Waals surface area contributed by atoms with Gasteiger partial charge in [-0.2, -0.15) is 4.98 Å². The normalized spacial score (nSPS) is 15.2. The zero-order chi connectivity index (χ0) is 14.1. The lowest BCUT2D eigenvalue weighted by Crippen LogP contribution is -2.33. The molecule has 0 aliphatic rings. The maximum atomic E-state index is 6.15. The summed E-state index contributed by atoms with van der Waals surface area (Å²) in [6.07, 6.45) is 0.762. The molecule has 0 aliphatic carbocycles. The summed E-state index contributed by atoms with van der Waals surface area (Å²) in [5.74, 6) is 1.16. The summed E-state index contributed by atoms with van der Waals surface area (Å²) in [6.45, 7) is 8.06. The van der Waals surface area contributed by atoms with E-state index in [2.05, 4.69) is 36.1 Å². The molecule has 1 heterocycles. The summed E-state index contributed by atoms with van der Waals surface area (Å²) >= 11 is 0. The number of rotatable bonds is 4. The van der Waals surface area contributed by atoms with Crippen LogP contribution in [-0.2, 0) is 11.0 Å². The minimum atomic E-state index is -0.547. The molecule has 2 rings (SSSR count). The van der Waals surface area contributed by atoms with Crippen molar-refractivity contribution in [3.63, 3.8) is 0 Å². The van der Waals surface area contributed by atoms with E-state index >= 15 is 0 Å². The first kappa shape index (κ1) is 13.7. The zero-order valence-corrected chi connectivity index (χ0v) is 12.0. The highest BCUT2D eigenvalue weighted by molar-refractivity contribution is 5.29. The third-order valence-corrected chi connectivity index (χ3v) is 3.70. The topological polar surface area (TPSA) is 64.9 Å². The van der Waals surface area contributed by atoms with Crippen LogP contribution in [-0.4, -0.2) is 10.1 Å². The molecule has 2 aromatic rings. The molecule has 1 unspecified atom stereocenters. The first-order valence-electron chi connectivity index (χ1n) is 6.57. The largest absolute Gasteiger partial charge is 0.338 e. The molecule has 4 heteroatoms. The molecule has 1 atom stereocenters. The van der Waals surface area contributed by atoms with Crippen molar-refractivity contribution in [3.8, 4) is 0 Å². The van der Waals surface area contributed by atoms with Crippen LogP contribution in [0.4, 0.5) is 0 Å². The second-order valence-corrected chi connectivity index (χ2v) is 5.69. The van der Waals surface area contributed by atoms with Crippen LogP contribution < -0.4 is 5.73 Å². The molecule has 1 aromatic heterocycles. The Morgan fingerprint density at radius 1 is 1.16 bits per heavy atom. The van der Waals surface area contributed by atoms with E-state index in [4.69, 9.17) is 10.3 Å². The van der Waals surface area contributed by atoms with E-state index in [-0.39, 0.29) is 5.41 Å². The average molecular weight is 259 g/mol. The van der Waals surface area contributed by atoms with Crippen molar-refractivity contribution in [1.29, 1.82) is 0 Å². The van der Waals surface area contributed by atoms with Crippen molar-refractivity contribution in [2.24, 2.45) is 5.73 Å². The summed E-state index contributed by atoms with van der Waals surface area (Å²) in [5, 5.41) is 4.04. The van der Waals surface area contributed by atoms with Crippen LogP contribution in [0.15, 0.2) is 34.9 Å². The minimum Gasteiger partial charge on any atom is -0.338 e. The molecule has 0 saturated carbocycles. The predicted molar refractivity (Wildman–Crippen MR) is 74.7 cm³/mol. The van der Waals surface area contributed by atoms with Crippen molar-refractivity contribution in [2.75, 3.05) is 0 Å². The van der Waals surface area contributed by atoms with E-state index in [1.165, 1.54) is 0 Å². The predicted octanol–water partition coefficient (Wildman–Crippen LogP) is 2.98. The third kappa shape index (κ3) is 2.54. The highest BCUT2D eigenvalue weighted by Gasteiger charge is 2.33. The van der Waals surface area contributed by atoms with E-state index in [0.717, 1.165) is 12.0 Å². The molecule has 19 heavy (non-hydrogen) atoms. The maximum Gasteiger partial charge on any atom is 0.236 e. The van der Waals surface area contributed by atoms with E-state index in [9.17, 15) is 0 Å². The first-order valence-corrected chi connectivity index (χ1v) is 6.57. The van der Waals surface area contributed by atoms with Crippen LogP contribution in [0, 0.1) is 0 Å². The van der Waals surface area contributed by atoms with Crippen molar-refractivity contribution >= 4 is 0 Å². The monoisotopic (exact) mass is 259 g/mol. The summed E-state index contributed by atoms with van der Waals surface area (Å²) in [7, 11) is 0. The highest BCUT2D eigenvalue weighted by atomic mass is 16.5. The number of aromatic nitrogens is 2. The number of nitrogens with two attached hydrogens (primary N) is 1. The van der Waals surface area contributed by atoms with E-state index in [1.54, 1.807) is 0 Å². The van der Waals surface area contributed by atoms with Gasteiger partial charge in [-0.05, 0) is 32.8 Å². The molecule has 0 aliphatic heterocycles. The van der Waals surface area contributed by atoms with Gasteiger partial charge >= 0.3 is 0 Å². The Labute approximate surface area is 114 Å². The van der Waals surface area contributed by atoms with Crippen LogP contribution in [0.2, 0.25) is 0 Å². The Hall–Kier alpha value is -1.68. The Balaban J connectivity index is 2.38. The van der Waals surface area contributed by atoms with Gasteiger partial charge in [-0.1, -0.05) is 42.4 Å². The molecule has 0 fully saturated rings. The van der Waals surface area contributed by atoms with Gasteiger partial charge < -0.3 is 10.3 Å². The van der Waals surface area contributed by atoms with E-state index in [1.807, 2.05) is 32.0 Å². The molecule has 0 amide bonds. The Bertz CT molecular complexity index is 544. The van der Waals surface area contributed by atoms with Gasteiger partial charge in [0.2, 0.25) is 5.89 Å². The molecular weight excluding hydrogens is 238 g/mol. The van der Waals surface area contributed by atoms with Crippen LogP contribution in [0.25, 0.3) is 0 Å². The van der Waals surface area contributed by atoms with Crippen LogP contribution in [0.1, 0.15) is 51.4 Å². The van der Waals surface area contributed by atoms with Gasteiger partial charge in [0.05, 0.1) is 11.0 Å². The lowest BCUT2D eigenvalue weighted by molar-refractivity contribution is 0.320. The Morgan fingerprint density at radius 2 is 1.79 bits per heavy atom. The maximum absolute atomic E-state index is 6.15. The second-order valence-electron chi connectivity index (χ2n) is 5.69. The fourth-order valence-corrected chi connectivity index (χ4v) is 1.85. The van der Waals surface area contributed by atoms with Crippen LogP contribution in [0.5, 0.6) is 0 Å². The van der Waals surface area contributed by atoms with Gasteiger partial charge in [0.1, 0.15) is 0 Å². The average Bonchev–Trinajstić information content (AvgIpc) is 2.91. The lowest BCUT2D eigenvalue weighted by Gasteiger charge is -2.21. The van der Waals surface area contributed by atoms with Crippen LogP contribution in [0.3, 0.4) is 0 Å². The SMILES string of the molecule is CCC(C)(N)c1noc(C(C)(C)c2ccccc2)n1.